The van der Waals surface area contributed by atoms with Crippen LogP contribution in [0, 0.1) is 0 Å². The molecule has 130 valence electrons. The van der Waals surface area contributed by atoms with Gasteiger partial charge in [-0.15, -0.1) is 0 Å². The Morgan fingerprint density at radius 1 is 1.08 bits per heavy atom. The molecule has 1 atom stereocenters. The van der Waals surface area contributed by atoms with Crippen LogP contribution in [0.4, 0.5) is 0 Å². The number of nitrogens with one attached hydrogen (secondary N) is 1. The second kappa shape index (κ2) is 6.89. The van der Waals surface area contributed by atoms with Crippen LogP contribution >= 0.6 is 0 Å². The lowest BCUT2D eigenvalue weighted by atomic mass is 9.92. The fraction of sp³-hybridized carbons (Fsp3) is 0.381. The van der Waals surface area contributed by atoms with Crippen LogP contribution in [0.5, 0.6) is 5.75 Å². The molecule has 1 N–H and O–H groups in total. The summed E-state index contributed by atoms with van der Waals surface area (Å²) in [6.07, 6.45) is 3.11. The topological polar surface area (TPSA) is 41.6 Å². The SMILES string of the molecule is O=C1NC[C@]2(CCCN(CCc3ccccc3)C2)Oc2ccccc21. The number of hydrogen-bond donors (Lipinski definition) is 1. The van der Waals surface area contributed by atoms with Crippen LogP contribution < -0.4 is 10.1 Å². The van der Waals surface area contributed by atoms with Gasteiger partial charge >= 0.3 is 0 Å². The van der Waals surface area contributed by atoms with E-state index in [1.54, 1.807) is 0 Å². The van der Waals surface area contributed by atoms with E-state index in [-0.39, 0.29) is 11.5 Å². The van der Waals surface area contributed by atoms with Gasteiger partial charge in [-0.1, -0.05) is 42.5 Å². The van der Waals surface area contributed by atoms with Crippen molar-refractivity contribution in [2.45, 2.75) is 24.9 Å². The van der Waals surface area contributed by atoms with Gasteiger partial charge in [-0.25, -0.2) is 0 Å². The van der Waals surface area contributed by atoms with E-state index >= 15 is 0 Å². The second-order valence-corrected chi connectivity index (χ2v) is 7.08. The first-order chi connectivity index (χ1) is 12.2. The number of fused-ring (bicyclic) bond motifs is 1. The van der Waals surface area contributed by atoms with Crippen molar-refractivity contribution in [1.29, 1.82) is 0 Å². The van der Waals surface area contributed by atoms with E-state index in [0.717, 1.165) is 38.9 Å². The summed E-state index contributed by atoms with van der Waals surface area (Å²) in [5.74, 6) is 0.677. The summed E-state index contributed by atoms with van der Waals surface area (Å²) in [4.78, 5) is 14.8. The van der Waals surface area contributed by atoms with Crippen LogP contribution in [-0.2, 0) is 6.42 Å². The summed E-state index contributed by atoms with van der Waals surface area (Å²) in [6, 6.07) is 18.1. The van der Waals surface area contributed by atoms with E-state index in [2.05, 4.69) is 40.5 Å². The molecule has 2 aromatic carbocycles. The molecule has 0 aliphatic carbocycles. The van der Waals surface area contributed by atoms with Gasteiger partial charge < -0.3 is 10.1 Å². The Labute approximate surface area is 148 Å². The standard InChI is InChI=1S/C21H24N2O2/c24-20-18-9-4-5-10-19(18)25-21(15-22-20)12-6-13-23(16-21)14-11-17-7-2-1-3-8-17/h1-5,7-10H,6,11-16H2,(H,22,24)/t21-/m0/s1. The minimum Gasteiger partial charge on any atom is -0.483 e. The number of rotatable bonds is 3. The summed E-state index contributed by atoms with van der Waals surface area (Å²) in [5.41, 5.74) is 1.68. The Morgan fingerprint density at radius 3 is 2.76 bits per heavy atom. The first kappa shape index (κ1) is 16.2. The molecule has 0 aromatic heterocycles. The Hall–Kier alpha value is -2.33. The number of piperidine rings is 1. The van der Waals surface area contributed by atoms with E-state index in [9.17, 15) is 4.79 Å². The summed E-state index contributed by atoms with van der Waals surface area (Å²) in [5, 5.41) is 3.06. The Kier molecular flexibility index (Phi) is 4.45. The molecule has 1 fully saturated rings. The molecule has 1 amide bonds. The van der Waals surface area contributed by atoms with Gasteiger partial charge in [0.25, 0.3) is 5.91 Å². The average Bonchev–Trinajstić information content (AvgIpc) is 2.78. The normalized spacial score (nSPS) is 23.4. The Morgan fingerprint density at radius 2 is 1.88 bits per heavy atom. The summed E-state index contributed by atoms with van der Waals surface area (Å²) in [6.45, 7) is 3.54. The number of carbonyl (C=O) groups is 1. The fourth-order valence-electron chi connectivity index (χ4n) is 3.89. The van der Waals surface area contributed by atoms with Crippen LogP contribution in [0.1, 0.15) is 28.8 Å². The minimum absolute atomic E-state index is 0.0334. The van der Waals surface area contributed by atoms with Gasteiger partial charge in [0.2, 0.25) is 0 Å². The molecule has 4 nitrogen and oxygen atoms in total. The lowest BCUT2D eigenvalue weighted by Crippen LogP contribution is -2.56. The van der Waals surface area contributed by atoms with Gasteiger partial charge in [-0.05, 0) is 43.5 Å². The van der Waals surface area contributed by atoms with Crippen LogP contribution in [0.2, 0.25) is 0 Å². The smallest absolute Gasteiger partial charge is 0.255 e. The summed E-state index contributed by atoms with van der Waals surface area (Å²) < 4.78 is 6.41. The van der Waals surface area contributed by atoms with Crippen LogP contribution in [-0.4, -0.2) is 42.6 Å². The quantitative estimate of drug-likeness (QED) is 0.937. The molecule has 4 heteroatoms. The number of nitrogens with zero attached hydrogens (tertiary/aromatic N) is 1. The molecule has 2 aromatic rings. The van der Waals surface area contributed by atoms with Crippen LogP contribution in [0.25, 0.3) is 0 Å². The number of amides is 1. The predicted octanol–water partition coefficient (Wildman–Crippen LogP) is 2.89. The molecule has 0 radical (unpaired) electrons. The largest absolute Gasteiger partial charge is 0.483 e. The molecule has 1 spiro atoms. The lowest BCUT2D eigenvalue weighted by molar-refractivity contribution is -0.00379. The number of hydrogen-bond acceptors (Lipinski definition) is 3. The zero-order valence-electron chi connectivity index (χ0n) is 14.4. The highest BCUT2D eigenvalue weighted by Gasteiger charge is 2.40. The van der Waals surface area contributed by atoms with Crippen molar-refractivity contribution in [3.8, 4) is 5.75 Å². The van der Waals surface area contributed by atoms with Crippen molar-refractivity contribution < 1.29 is 9.53 Å². The summed E-state index contributed by atoms with van der Waals surface area (Å²) >= 11 is 0. The molecule has 1 saturated heterocycles. The molecule has 0 saturated carbocycles. The van der Waals surface area contributed by atoms with E-state index in [0.29, 0.717) is 17.9 Å². The van der Waals surface area contributed by atoms with E-state index < -0.39 is 0 Å². The zero-order valence-corrected chi connectivity index (χ0v) is 14.4. The fourth-order valence-corrected chi connectivity index (χ4v) is 3.89. The van der Waals surface area contributed by atoms with Crippen molar-refractivity contribution in [2.24, 2.45) is 0 Å². The minimum atomic E-state index is -0.322. The summed E-state index contributed by atoms with van der Waals surface area (Å²) in [7, 11) is 0. The molecule has 0 unspecified atom stereocenters. The van der Waals surface area contributed by atoms with Gasteiger partial charge in [-0.3, -0.25) is 9.69 Å². The van der Waals surface area contributed by atoms with E-state index in [4.69, 9.17) is 4.74 Å². The van der Waals surface area contributed by atoms with Crippen molar-refractivity contribution >= 4 is 5.91 Å². The van der Waals surface area contributed by atoms with Crippen molar-refractivity contribution in [3.05, 3.63) is 65.7 Å². The third-order valence-electron chi connectivity index (χ3n) is 5.21. The maximum Gasteiger partial charge on any atom is 0.255 e. The third-order valence-corrected chi connectivity index (χ3v) is 5.21. The number of carbonyl (C=O) groups excluding carboxylic acids is 1. The van der Waals surface area contributed by atoms with Crippen molar-refractivity contribution in [1.82, 2.24) is 10.2 Å². The number of benzene rings is 2. The maximum atomic E-state index is 12.3. The van der Waals surface area contributed by atoms with Crippen LogP contribution in [0.3, 0.4) is 0 Å². The van der Waals surface area contributed by atoms with Crippen molar-refractivity contribution in [3.63, 3.8) is 0 Å². The van der Waals surface area contributed by atoms with Gasteiger partial charge in [0.05, 0.1) is 12.1 Å². The van der Waals surface area contributed by atoms with E-state index in [1.807, 2.05) is 24.3 Å². The van der Waals surface area contributed by atoms with Gasteiger partial charge in [0, 0.05) is 13.1 Å². The van der Waals surface area contributed by atoms with Gasteiger partial charge in [0.1, 0.15) is 11.4 Å². The third kappa shape index (κ3) is 3.54. The second-order valence-electron chi connectivity index (χ2n) is 7.08. The molecule has 2 heterocycles. The van der Waals surface area contributed by atoms with Gasteiger partial charge in [-0.2, -0.15) is 0 Å². The van der Waals surface area contributed by atoms with Crippen LogP contribution in [0.15, 0.2) is 54.6 Å². The highest BCUT2D eigenvalue weighted by molar-refractivity contribution is 5.97. The zero-order chi connectivity index (χ0) is 17.1. The highest BCUT2D eigenvalue weighted by Crippen LogP contribution is 2.32. The molecular weight excluding hydrogens is 312 g/mol. The first-order valence-corrected chi connectivity index (χ1v) is 9.07. The molecule has 2 aliphatic heterocycles. The molecule has 25 heavy (non-hydrogen) atoms. The molecule has 0 bridgehead atoms. The van der Waals surface area contributed by atoms with E-state index in [1.165, 1.54) is 5.56 Å². The molecular formula is C21H24N2O2. The maximum absolute atomic E-state index is 12.3. The number of likely N-dealkylation sites (tertiary alicyclic amines) is 1. The molecule has 2 aliphatic rings. The Bertz CT molecular complexity index is 747. The predicted molar refractivity (Wildman–Crippen MR) is 98.0 cm³/mol. The average molecular weight is 336 g/mol. The monoisotopic (exact) mass is 336 g/mol. The van der Waals surface area contributed by atoms with Crippen molar-refractivity contribution in [2.75, 3.05) is 26.2 Å². The Balaban J connectivity index is 1.47. The van der Waals surface area contributed by atoms with Gasteiger partial charge in [0.15, 0.2) is 0 Å². The number of para-hydroxylation sites is 1. The number of ether oxygens (including phenoxy) is 1. The first-order valence-electron chi connectivity index (χ1n) is 9.07. The molecule has 4 rings (SSSR count). The highest BCUT2D eigenvalue weighted by atomic mass is 16.5. The lowest BCUT2D eigenvalue weighted by Gasteiger charge is -2.42.